The van der Waals surface area contributed by atoms with Crippen LogP contribution in [-0.2, 0) is 182 Å². The molecular weight excluding hydrogens is 2780 g/mol. The number of carbonyl (C=O) groups is 4. The summed E-state index contributed by atoms with van der Waals surface area (Å²) in [6.07, 6.45) is 1.74. The number of aromatic nitrogens is 6. The van der Waals surface area contributed by atoms with Gasteiger partial charge in [0.1, 0.15) is 5.75 Å². The number of hydrogen-bond donors (Lipinski definition) is 13. The molecule has 0 bridgehead atoms. The SMILES string of the molecule is CC(=O)C=C(C)O.CC(=O)C=C(C)O.CC(=O)C=C(C)O.COc1c[c-]c(-c2cc(CO)ccn2)c(CO)c1.COc1c[c-]c(-c2cc(CO)ccn2)c(CO)c1.COc1c[c-]c(-c2cc(CO)ccn2)c(CO)c1.COc1c[c-]c(-c2ccccn2)c(CO)c1.COc1ccnc(-c2[c-]cc(OC)cc2OC)c1.O=C(C=C(O)C(F)(F)F)C(F)(F)F.OCc1ccnc(-c2[c-]cccc2CO)c1.[Ir].[Ir].[Pt+2].[Pt].[Pt]. The van der Waals surface area contributed by atoms with Gasteiger partial charge in [0.2, 0.25) is 5.76 Å². The largest absolute Gasteiger partial charge is 2.00 e. The fourth-order valence-corrected chi connectivity index (χ4v) is 11.0. The molecule has 2 radical (unpaired) electrons. The summed E-state index contributed by atoms with van der Waals surface area (Å²) >= 11 is 0. The topological polar surface area (TPSA) is 473 Å². The van der Waals surface area contributed by atoms with E-state index in [2.05, 4.69) is 66.3 Å². The van der Waals surface area contributed by atoms with E-state index in [9.17, 15) is 71.1 Å². The Hall–Kier alpha value is -11.8. The van der Waals surface area contributed by atoms with Gasteiger partial charge in [-0.15, -0.1) is 118 Å². The zero-order valence-corrected chi connectivity index (χ0v) is 90.6. The van der Waals surface area contributed by atoms with Crippen molar-refractivity contribution in [2.75, 3.05) is 49.8 Å². The number of nitrogens with zero attached hydrogens (tertiary/aromatic N) is 6. The van der Waals surface area contributed by atoms with Crippen LogP contribution in [0, 0.1) is 36.4 Å². The molecule has 6 aromatic carbocycles. The minimum absolute atomic E-state index is 0. The second-order valence-electron chi connectivity index (χ2n) is 27.8. The van der Waals surface area contributed by atoms with Gasteiger partial charge < -0.3 is 129 Å². The number of hydrogen-bond acceptors (Lipinski definition) is 30. The molecule has 0 spiro atoms. The Bertz CT molecular complexity index is 5500. The Balaban J connectivity index is -0.00000154. The van der Waals surface area contributed by atoms with Crippen LogP contribution in [0.25, 0.3) is 67.5 Å². The quantitative estimate of drug-likeness (QED) is 0.0104. The van der Waals surface area contributed by atoms with Crippen LogP contribution in [0.4, 0.5) is 26.3 Å². The molecule has 12 aromatic rings. The molecule has 0 atom stereocenters. The summed E-state index contributed by atoms with van der Waals surface area (Å²) in [6.45, 7) is 7.95. The monoisotopic (exact) mass is 2880 g/mol. The predicted octanol–water partition coefficient (Wildman–Crippen LogP) is 16.0. The van der Waals surface area contributed by atoms with Crippen molar-refractivity contribution in [3.63, 3.8) is 0 Å². The summed E-state index contributed by atoms with van der Waals surface area (Å²) in [5, 5.41) is 116. The molecule has 41 heteroatoms. The fraction of sp³-hybridized carbons (Fsp3) is 0.235. The average molecular weight is 2880 g/mol. The Labute approximate surface area is 894 Å². The maximum absolute atomic E-state index is 11.4. The normalized spacial score (nSPS) is 10.5. The van der Waals surface area contributed by atoms with Crippen LogP contribution in [0.3, 0.4) is 0 Å². The number of pyridine rings is 6. The van der Waals surface area contributed by atoms with Crippen molar-refractivity contribution in [3.8, 4) is 108 Å². The number of methoxy groups -OCH3 is 7. The molecular formula is C102H106F6Ir2N6O24Pt3-4. The van der Waals surface area contributed by atoms with Crippen molar-refractivity contribution in [2.24, 2.45) is 0 Å². The molecule has 0 saturated carbocycles. The fourth-order valence-electron chi connectivity index (χ4n) is 11.0. The van der Waals surface area contributed by atoms with Gasteiger partial charge >= 0.3 is 33.4 Å². The molecule has 0 aliphatic heterocycles. The van der Waals surface area contributed by atoms with Gasteiger partial charge in [0.25, 0.3) is 5.78 Å². The van der Waals surface area contributed by atoms with Crippen molar-refractivity contribution in [1.29, 1.82) is 0 Å². The summed E-state index contributed by atoms with van der Waals surface area (Å²) in [6, 6.07) is 64.6. The third-order valence-corrected chi connectivity index (χ3v) is 17.3. The van der Waals surface area contributed by atoms with Gasteiger partial charge in [-0.2, -0.15) is 26.3 Å². The van der Waals surface area contributed by atoms with Crippen molar-refractivity contribution in [2.45, 2.75) is 113 Å². The zero-order valence-electron chi connectivity index (χ0n) is 79.0. The molecule has 0 saturated heterocycles. The number of halogens is 6. The number of carbonyl (C=O) groups excluding carboxylic acids is 4. The first-order valence-electron chi connectivity index (χ1n) is 40.7. The molecule has 0 unspecified atom stereocenters. The number of rotatable bonds is 26. The molecule has 6 heterocycles. The second kappa shape index (κ2) is 73.3. The van der Waals surface area contributed by atoms with Gasteiger partial charge in [-0.1, -0.05) is 94.5 Å². The number of alkyl halides is 6. The van der Waals surface area contributed by atoms with Crippen molar-refractivity contribution in [1.82, 2.24) is 29.9 Å². The summed E-state index contributed by atoms with van der Waals surface area (Å²) in [5.74, 6) is -0.823. The van der Waals surface area contributed by atoms with Gasteiger partial charge in [0.15, 0.2) is 17.3 Å². The Morgan fingerprint density at radius 2 is 0.587 bits per heavy atom. The summed E-state index contributed by atoms with van der Waals surface area (Å²) in [4.78, 5) is 65.3. The maximum atomic E-state index is 11.4. The van der Waals surface area contributed by atoms with E-state index in [1.54, 1.807) is 208 Å². The summed E-state index contributed by atoms with van der Waals surface area (Å²) < 4.78 is 104. The second-order valence-corrected chi connectivity index (χ2v) is 27.8. The van der Waals surface area contributed by atoms with E-state index < -0.39 is 30.0 Å². The minimum Gasteiger partial charge on any atom is -0.540 e. The van der Waals surface area contributed by atoms with Crippen molar-refractivity contribution >= 4 is 23.1 Å². The number of allylic oxidation sites excluding steroid dienone is 8. The van der Waals surface area contributed by atoms with Crippen LogP contribution in [0.15, 0.2) is 242 Å². The van der Waals surface area contributed by atoms with Gasteiger partial charge in [-0.25, -0.2) is 0 Å². The molecule has 13 N–H and O–H groups in total. The van der Waals surface area contributed by atoms with E-state index >= 15 is 0 Å². The van der Waals surface area contributed by atoms with E-state index in [4.69, 9.17) is 74.0 Å². The van der Waals surface area contributed by atoms with Crippen molar-refractivity contribution in [3.05, 3.63) is 329 Å². The van der Waals surface area contributed by atoms with Gasteiger partial charge in [-0.05, 0) is 140 Å². The van der Waals surface area contributed by atoms with E-state index in [0.29, 0.717) is 85.0 Å². The number of ketones is 4. The van der Waals surface area contributed by atoms with Crippen molar-refractivity contribution < 1.29 is 248 Å². The molecule has 0 fully saturated rings. The van der Waals surface area contributed by atoms with Crippen LogP contribution in [-0.4, -0.2) is 182 Å². The third kappa shape index (κ3) is 50.4. The van der Waals surface area contributed by atoms with Crippen LogP contribution < -0.4 is 33.2 Å². The number of ether oxygens (including phenoxy) is 7. The van der Waals surface area contributed by atoms with Crippen LogP contribution in [0.1, 0.15) is 91.6 Å². The van der Waals surface area contributed by atoms with E-state index in [-0.39, 0.29) is 197 Å². The minimum atomic E-state index is -5.42. The van der Waals surface area contributed by atoms with Gasteiger partial charge in [0, 0.05) is 211 Å². The Morgan fingerprint density at radius 3 is 0.839 bits per heavy atom. The first-order chi connectivity index (χ1) is 65.7. The number of aliphatic hydroxyl groups excluding tert-OH is 13. The Morgan fingerprint density at radius 1 is 0.308 bits per heavy atom. The van der Waals surface area contributed by atoms with Crippen LogP contribution >= 0.6 is 0 Å². The molecule has 0 amide bonds. The van der Waals surface area contributed by atoms with Crippen LogP contribution in [0.2, 0.25) is 0 Å². The first-order valence-corrected chi connectivity index (χ1v) is 40.7. The van der Waals surface area contributed by atoms with Crippen LogP contribution in [0.5, 0.6) is 40.2 Å². The molecule has 12 rings (SSSR count). The standard InChI is InChI=1S/4C14H14NO3.2C13H12NO2.C5H2F6O2.3C5H8O2.2Ir.3Pt/c1-16-10-4-5-12(14(9-10)18-3)13-8-11(17-2)6-7-15-13;3*1-18-12-2-3-13(11(7-12)9-17)14-6-10(8-16)4-5-15-14;1-16-11-5-6-12(10(8-11)9-15)13-4-2-3-7-14-13;15-8-10-5-6-14-13(7-10)12-4-2-1-3-11(12)9-16;6-4(7,8)2(12)1-3(13)5(9,10)11;3*1-4(6)3-5(2)7;;;;;/h4,6-9H,1-3H3;3*2,4-7,16-17H,8-9H2,1H3;2-5,7-8,15H,9H2,1H3;1-3,5-7,15-16H,8-9H2;1,12H;3*3,6H,1-2H3;;;;;/q6*-1;;;;;;;;;+2. The smallest absolute Gasteiger partial charge is 0.540 e. The maximum Gasteiger partial charge on any atom is 2.00 e. The molecule has 143 heavy (non-hydrogen) atoms. The predicted molar refractivity (Wildman–Crippen MR) is 499 cm³/mol. The molecule has 6 aromatic heterocycles. The van der Waals surface area contributed by atoms with Gasteiger partial charge in [0.05, 0.1) is 93.5 Å². The summed E-state index contributed by atoms with van der Waals surface area (Å²) in [7, 11) is 11.1. The molecule has 782 valence electrons. The summed E-state index contributed by atoms with van der Waals surface area (Å²) in [5.41, 5.74) is 15.5. The zero-order chi connectivity index (χ0) is 103. The third-order valence-electron chi connectivity index (χ3n) is 17.3. The molecule has 0 aliphatic rings. The van der Waals surface area contributed by atoms with Gasteiger partial charge in [-0.3, -0.25) is 19.2 Å². The Kier molecular flexibility index (Phi) is 69.4. The van der Waals surface area contributed by atoms with E-state index in [0.717, 1.165) is 72.9 Å². The number of aliphatic hydroxyl groups is 13. The average Bonchev–Trinajstić information content (AvgIpc) is 0.824. The number of benzene rings is 6. The van der Waals surface area contributed by atoms with E-state index in [1.807, 2.05) is 36.4 Å². The first kappa shape index (κ1) is 135. The van der Waals surface area contributed by atoms with E-state index in [1.165, 1.54) is 59.8 Å². The molecule has 0 aliphatic carbocycles. The molecule has 30 nitrogen and oxygen atoms in total.